The van der Waals surface area contributed by atoms with Crippen molar-refractivity contribution in [2.45, 2.75) is 225 Å². The van der Waals surface area contributed by atoms with Gasteiger partial charge < -0.3 is 0 Å². The third-order valence-electron chi connectivity index (χ3n) is 29.7. The average molecular weight is 880 g/mol. The molecule has 20 fully saturated rings. The van der Waals surface area contributed by atoms with Crippen molar-refractivity contribution in [3.63, 3.8) is 0 Å². The zero-order valence-corrected chi connectivity index (χ0v) is 45.4. The molecule has 16 saturated carbocycles. The third kappa shape index (κ3) is 2.77. The van der Waals surface area contributed by atoms with Gasteiger partial charge in [0.05, 0.1) is 0 Å². The maximum Gasteiger partial charge on any atom is 0.0483 e. The van der Waals surface area contributed by atoms with Crippen LogP contribution < -0.4 is 0 Å². The number of hydrogen-bond donors (Lipinski definition) is 0. The molecule has 20 aliphatic rings. The van der Waals surface area contributed by atoms with E-state index in [2.05, 4.69) is 67.7 Å². The minimum atomic E-state index is -1.65. The number of hydrogen-bond acceptors (Lipinski definition) is 0. The van der Waals surface area contributed by atoms with Gasteiger partial charge in [0.15, 0.2) is 0 Å². The number of fused-ring (bicyclic) bond motifs is 3. The van der Waals surface area contributed by atoms with Gasteiger partial charge in [-0.05, 0) is 252 Å². The van der Waals surface area contributed by atoms with Gasteiger partial charge >= 0.3 is 0 Å². The summed E-state index contributed by atoms with van der Waals surface area (Å²) >= 11 is 0. The molecule has 0 atom stereocenters. The van der Waals surface area contributed by atoms with Gasteiger partial charge in [0, 0.05) is 43.6 Å². The highest BCUT2D eigenvalue weighted by Crippen LogP contribution is 3.24. The van der Waals surface area contributed by atoms with Crippen LogP contribution in [0.1, 0.15) is 170 Å². The Labute approximate surface area is 360 Å². The van der Waals surface area contributed by atoms with Gasteiger partial charge in [-0.3, -0.25) is 0 Å². The quantitative estimate of drug-likeness (QED) is 0.248. The van der Waals surface area contributed by atoms with Crippen LogP contribution in [-0.2, 0) is 0 Å². The molecular formula is C52H86Si6. The van der Waals surface area contributed by atoms with Crippen LogP contribution in [0.3, 0.4) is 0 Å². The predicted octanol–water partition coefficient (Wildman–Crippen LogP) is 14.2. The molecule has 0 N–H and O–H groups in total. The molecule has 16 aliphatic carbocycles. The van der Waals surface area contributed by atoms with E-state index in [-0.39, 0.29) is 0 Å². The molecule has 0 aromatic rings. The molecule has 16 bridgehead atoms. The van der Waals surface area contributed by atoms with Gasteiger partial charge in [-0.1, -0.05) is 67.7 Å². The van der Waals surface area contributed by atoms with E-state index in [0.29, 0.717) is 10.1 Å². The average Bonchev–Trinajstić information content (AvgIpc) is 4.05. The molecule has 0 nitrogen and oxygen atoms in total. The van der Waals surface area contributed by atoms with Crippen LogP contribution in [0.4, 0.5) is 0 Å². The summed E-state index contributed by atoms with van der Waals surface area (Å²) < 4.78 is 4.48. The molecule has 0 aromatic heterocycles. The van der Waals surface area contributed by atoms with Crippen molar-refractivity contribution in [2.24, 2.45) is 94.7 Å². The van der Waals surface area contributed by atoms with Gasteiger partial charge in [-0.25, -0.2) is 0 Å². The van der Waals surface area contributed by atoms with Crippen molar-refractivity contribution >= 4 is 43.6 Å². The Morgan fingerprint density at radius 3 is 0.586 bits per heavy atom. The van der Waals surface area contributed by atoms with Crippen LogP contribution in [0.5, 0.6) is 0 Å². The first-order valence-electron chi connectivity index (χ1n) is 27.4. The maximum atomic E-state index is 3.35. The van der Waals surface area contributed by atoms with E-state index < -0.39 is 43.6 Å². The summed E-state index contributed by atoms with van der Waals surface area (Å²) in [5.74, 6) is 19.9. The smallest absolute Gasteiger partial charge is 0.0483 e. The third-order valence-corrected chi connectivity index (χ3v) is 155. The zero-order chi connectivity index (χ0) is 39.4. The fourth-order valence-corrected chi connectivity index (χ4v) is 290. The Hall–Kier alpha value is 1.30. The summed E-state index contributed by atoms with van der Waals surface area (Å²) in [5, 5.41) is 1.25. The number of rotatable bonds is 3. The summed E-state index contributed by atoms with van der Waals surface area (Å²) in [6, 6.07) is 0. The molecular weight excluding hydrogens is 793 g/mol. The normalized spacial score (nSPS) is 68.4. The molecule has 20 rings (SSSR count). The standard InChI is InChI=1S/C52H86Si6/c1-47(2,3)53(7,8)55-49(39-15-31-11-32(17-39)18-40(49)16-31)57(55,50(55)41-19-33-12-34(21-41)22-42(50)20-33)58-51(43-23-35-13-36(25-43)26-44(51)24-35)56(58,54(9,10)48(4,5)6)52(58)45-27-37-14-38(29-45)30-46(52)28-37/h31-46H,11-30H2,1-10H3. The lowest BCUT2D eigenvalue weighted by Crippen LogP contribution is -2.70. The lowest BCUT2D eigenvalue weighted by molar-refractivity contribution is -0.0278. The molecule has 6 heteroatoms. The van der Waals surface area contributed by atoms with Crippen LogP contribution in [0.15, 0.2) is 0 Å². The minimum Gasteiger partial charge on any atom is -0.0711 e. The van der Waals surface area contributed by atoms with E-state index in [0.717, 1.165) is 18.6 Å². The van der Waals surface area contributed by atoms with Crippen molar-refractivity contribution in [3.8, 4) is 0 Å². The van der Waals surface area contributed by atoms with Gasteiger partial charge in [0.1, 0.15) is 0 Å². The Morgan fingerprint density at radius 2 is 0.448 bits per heavy atom. The van der Waals surface area contributed by atoms with E-state index in [9.17, 15) is 0 Å². The van der Waals surface area contributed by atoms with Crippen molar-refractivity contribution < 1.29 is 0 Å². The van der Waals surface area contributed by atoms with E-state index in [1.54, 1.807) is 25.7 Å². The van der Waals surface area contributed by atoms with Crippen LogP contribution in [0.2, 0.25) is 54.9 Å². The summed E-state index contributed by atoms with van der Waals surface area (Å²) in [4.78, 5) is 0. The highest BCUT2D eigenvalue weighted by Gasteiger charge is 3.35. The second kappa shape index (κ2) is 9.59. The first-order chi connectivity index (χ1) is 27.4. The van der Waals surface area contributed by atoms with Gasteiger partial charge in [0.25, 0.3) is 0 Å². The van der Waals surface area contributed by atoms with Gasteiger partial charge in [-0.15, -0.1) is 0 Å². The molecule has 0 amide bonds. The first-order valence-corrected chi connectivity index (χ1v) is 46.4. The van der Waals surface area contributed by atoms with Crippen molar-refractivity contribution in [1.29, 1.82) is 0 Å². The van der Waals surface area contributed by atoms with Crippen molar-refractivity contribution in [2.75, 3.05) is 0 Å². The molecule has 4 heterocycles. The molecule has 4 spiro atoms. The predicted molar refractivity (Wildman–Crippen MR) is 256 cm³/mol. The van der Waals surface area contributed by atoms with Crippen molar-refractivity contribution in [1.82, 2.24) is 0 Å². The summed E-state index contributed by atoms with van der Waals surface area (Å²) in [6.07, 6.45) is 35.8. The Bertz CT molecular complexity index is 1620. The Balaban J connectivity index is 1.08. The van der Waals surface area contributed by atoms with E-state index >= 15 is 0 Å². The molecule has 0 radical (unpaired) electrons. The topological polar surface area (TPSA) is 0 Å². The minimum absolute atomic E-state index is 0.623. The van der Waals surface area contributed by atoms with Crippen molar-refractivity contribution in [3.05, 3.63) is 0 Å². The Kier molecular flexibility index (Phi) is 6.04. The summed E-state index contributed by atoms with van der Waals surface area (Å²) in [7, 11) is -9.74. The zero-order valence-electron chi connectivity index (χ0n) is 39.4. The lowest BCUT2D eigenvalue weighted by Gasteiger charge is -2.74. The lowest BCUT2D eigenvalue weighted by atomic mass is 9.54. The van der Waals surface area contributed by atoms with E-state index in [1.165, 1.54) is 94.7 Å². The van der Waals surface area contributed by atoms with Crippen LogP contribution in [0, 0.1) is 94.7 Å². The fraction of sp³-hybridized carbons (Fsp3) is 1.00. The molecule has 58 heavy (non-hydrogen) atoms. The second-order valence-corrected chi connectivity index (χ2v) is 87.1. The van der Waals surface area contributed by atoms with Gasteiger partial charge in [-0.2, -0.15) is 0 Å². The molecule has 0 unspecified atom stereocenters. The molecule has 4 aliphatic heterocycles. The van der Waals surface area contributed by atoms with E-state index in [1.807, 2.05) is 103 Å². The second-order valence-electron chi connectivity index (χ2n) is 31.4. The van der Waals surface area contributed by atoms with Crippen LogP contribution in [0.25, 0.3) is 0 Å². The molecule has 4 saturated heterocycles. The van der Waals surface area contributed by atoms with E-state index in [4.69, 9.17) is 0 Å². The highest BCUT2D eigenvalue weighted by molar-refractivity contribution is 8.30. The monoisotopic (exact) mass is 879 g/mol. The van der Waals surface area contributed by atoms with Crippen LogP contribution >= 0.6 is 0 Å². The SMILES string of the molecule is CC(C)(C)[Si](C)(C)[Si]12C3(C4CC5CC(C4)CC3C5)[Si]1([Si]13C4(C5CC6CC(C5)CC4C6)[Si]1([Si](C)(C)C(C)(C)C)C31C3CC4CC(C3)CC1C4)C21C2CC3CC(C2)CC1C3. The molecule has 0 aromatic carbocycles. The largest absolute Gasteiger partial charge is 0.0711 e. The molecule has 318 valence electrons. The van der Waals surface area contributed by atoms with Gasteiger partial charge in [0.2, 0.25) is 0 Å². The highest BCUT2D eigenvalue weighted by atomic mass is 30.1. The fourth-order valence-electron chi connectivity index (χ4n) is 30.2. The maximum absolute atomic E-state index is 3.35. The summed E-state index contributed by atoms with van der Waals surface area (Å²) in [5.41, 5.74) is 0. The van der Waals surface area contributed by atoms with Crippen LogP contribution in [-0.4, -0.2) is 43.6 Å². The Morgan fingerprint density at radius 1 is 0.293 bits per heavy atom. The summed E-state index contributed by atoms with van der Waals surface area (Å²) in [6.45, 7) is 31.3. The first kappa shape index (κ1) is 36.5.